The molecule has 0 aliphatic heterocycles. The van der Waals surface area contributed by atoms with Crippen molar-refractivity contribution in [1.82, 2.24) is 20.0 Å². The van der Waals surface area contributed by atoms with Gasteiger partial charge in [-0.2, -0.15) is 14.9 Å². The molecule has 0 aliphatic carbocycles. The molecule has 0 atom stereocenters. The number of aromatic amines is 1. The second kappa shape index (κ2) is 5.14. The zero-order valence-electron chi connectivity index (χ0n) is 8.35. The smallest absolute Gasteiger partial charge is 0.366 e. The minimum Gasteiger partial charge on any atom is -0.366 e. The fourth-order valence-corrected chi connectivity index (χ4v) is 0.804. The van der Waals surface area contributed by atoms with Crippen molar-refractivity contribution in [3.63, 3.8) is 0 Å². The first-order chi connectivity index (χ1) is 7.91. The molecule has 17 heavy (non-hydrogen) atoms. The molecule has 2 aromatic rings. The maximum Gasteiger partial charge on any atom is 0.504 e. The Bertz CT molecular complexity index is 448. The van der Waals surface area contributed by atoms with Gasteiger partial charge in [-0.15, -0.1) is 13.2 Å². The largest absolute Gasteiger partial charge is 0.504 e. The second-order valence-corrected chi connectivity index (χ2v) is 2.77. The molecule has 0 unspecified atom stereocenters. The molecule has 0 bridgehead atoms. The second-order valence-electron chi connectivity index (χ2n) is 2.77. The van der Waals surface area contributed by atoms with Gasteiger partial charge in [0.2, 0.25) is 0 Å². The van der Waals surface area contributed by atoms with Crippen LogP contribution in [0.1, 0.15) is 10.4 Å². The predicted molar refractivity (Wildman–Crippen MR) is 50.6 cm³/mol. The molecule has 0 saturated carbocycles. The van der Waals surface area contributed by atoms with Crippen molar-refractivity contribution in [3.05, 3.63) is 36.4 Å². The third-order valence-corrected chi connectivity index (χ3v) is 1.55. The summed E-state index contributed by atoms with van der Waals surface area (Å²) in [5.74, 6) is -0.459. The number of hydrogen-bond donors (Lipinski definition) is 2. The Balaban J connectivity index is 0.000000171. The number of alkyl halides is 3. The van der Waals surface area contributed by atoms with E-state index in [1.807, 2.05) is 0 Å². The highest BCUT2D eigenvalue weighted by Gasteiger charge is 2.30. The fraction of sp³-hybridized carbons (Fsp3) is 0.125. The van der Waals surface area contributed by atoms with Crippen LogP contribution in [0.3, 0.4) is 0 Å². The SMILES string of the molecule is FC(F)(F)n1cccn1.NC(=O)c1cn[nH]c1. The van der Waals surface area contributed by atoms with E-state index in [2.05, 4.69) is 15.3 Å². The number of amides is 1. The molecule has 0 spiro atoms. The fourth-order valence-electron chi connectivity index (χ4n) is 0.804. The van der Waals surface area contributed by atoms with Crippen LogP contribution in [0.25, 0.3) is 0 Å². The molecule has 0 fully saturated rings. The lowest BCUT2D eigenvalue weighted by Gasteiger charge is -2.03. The Hall–Kier alpha value is -2.32. The van der Waals surface area contributed by atoms with Crippen LogP contribution in [0.5, 0.6) is 0 Å². The predicted octanol–water partition coefficient (Wildman–Crippen LogP) is 0.868. The number of aromatic nitrogens is 4. The van der Waals surface area contributed by atoms with E-state index in [1.54, 1.807) is 0 Å². The van der Waals surface area contributed by atoms with E-state index in [9.17, 15) is 18.0 Å². The van der Waals surface area contributed by atoms with Crippen LogP contribution in [0.15, 0.2) is 30.9 Å². The summed E-state index contributed by atoms with van der Waals surface area (Å²) in [5.41, 5.74) is 5.27. The van der Waals surface area contributed by atoms with E-state index in [0.29, 0.717) is 5.56 Å². The van der Waals surface area contributed by atoms with Gasteiger partial charge in [0.25, 0.3) is 5.91 Å². The van der Waals surface area contributed by atoms with Gasteiger partial charge in [-0.3, -0.25) is 9.89 Å². The third-order valence-electron chi connectivity index (χ3n) is 1.55. The molecule has 2 rings (SSSR count). The molecule has 0 aliphatic rings. The number of rotatable bonds is 1. The molecule has 6 nitrogen and oxygen atoms in total. The van der Waals surface area contributed by atoms with Crippen LogP contribution in [-0.4, -0.2) is 25.9 Å². The first kappa shape index (κ1) is 12.7. The number of H-pyrrole nitrogens is 1. The van der Waals surface area contributed by atoms with Gasteiger partial charge in [-0.25, -0.2) is 0 Å². The number of hydrogen-bond acceptors (Lipinski definition) is 3. The van der Waals surface area contributed by atoms with Gasteiger partial charge in [0.05, 0.1) is 11.8 Å². The summed E-state index contributed by atoms with van der Waals surface area (Å²) >= 11 is 0. The van der Waals surface area contributed by atoms with Gasteiger partial charge in [-0.1, -0.05) is 0 Å². The van der Waals surface area contributed by atoms with Gasteiger partial charge in [-0.05, 0) is 6.07 Å². The summed E-state index contributed by atoms with van der Waals surface area (Å²) in [5, 5.41) is 8.96. The van der Waals surface area contributed by atoms with E-state index in [1.165, 1.54) is 18.5 Å². The quantitative estimate of drug-likeness (QED) is 0.783. The average molecular weight is 247 g/mol. The minimum atomic E-state index is -4.37. The highest BCUT2D eigenvalue weighted by atomic mass is 19.4. The maximum absolute atomic E-state index is 11.5. The van der Waals surface area contributed by atoms with Crippen LogP contribution < -0.4 is 5.73 Å². The number of halogens is 3. The van der Waals surface area contributed by atoms with Crippen molar-refractivity contribution in [3.8, 4) is 0 Å². The molecule has 9 heteroatoms. The summed E-state index contributed by atoms with van der Waals surface area (Å²) < 4.78 is 34.5. The number of nitrogens with one attached hydrogen (secondary N) is 1. The molecule has 2 aromatic heterocycles. The number of nitrogens with zero attached hydrogens (tertiary/aromatic N) is 3. The lowest BCUT2D eigenvalue weighted by atomic mass is 10.4. The van der Waals surface area contributed by atoms with Crippen LogP contribution >= 0.6 is 0 Å². The Morgan fingerprint density at radius 2 is 2.18 bits per heavy atom. The van der Waals surface area contributed by atoms with Gasteiger partial charge in [0.1, 0.15) is 0 Å². The highest BCUT2D eigenvalue weighted by Crippen LogP contribution is 2.19. The summed E-state index contributed by atoms with van der Waals surface area (Å²) in [6.07, 6.45) is 0.377. The van der Waals surface area contributed by atoms with Crippen molar-refractivity contribution in [2.45, 2.75) is 6.30 Å². The third kappa shape index (κ3) is 3.97. The normalized spacial score (nSPS) is 10.5. The van der Waals surface area contributed by atoms with Crippen molar-refractivity contribution < 1.29 is 18.0 Å². The first-order valence-electron chi connectivity index (χ1n) is 4.26. The van der Waals surface area contributed by atoms with Crippen LogP contribution in [0.2, 0.25) is 0 Å². The molecule has 0 aromatic carbocycles. The first-order valence-corrected chi connectivity index (χ1v) is 4.26. The molecule has 1 amide bonds. The van der Waals surface area contributed by atoms with Crippen molar-refractivity contribution in [1.29, 1.82) is 0 Å². The van der Waals surface area contributed by atoms with Crippen LogP contribution in [-0.2, 0) is 6.30 Å². The topological polar surface area (TPSA) is 89.6 Å². The summed E-state index contributed by atoms with van der Waals surface area (Å²) in [6, 6.07) is 1.22. The molecular weight excluding hydrogens is 239 g/mol. The van der Waals surface area contributed by atoms with Gasteiger partial charge < -0.3 is 5.73 Å². The lowest BCUT2D eigenvalue weighted by molar-refractivity contribution is -0.212. The van der Waals surface area contributed by atoms with Gasteiger partial charge in [0, 0.05) is 18.6 Å². The highest BCUT2D eigenvalue weighted by molar-refractivity contribution is 5.92. The standard InChI is InChI=1S/C4H3F3N2.C4H5N3O/c5-4(6,7)9-3-1-2-8-9;5-4(8)3-1-6-7-2-3/h1-3H;1-2H,(H2,5,8)(H,6,7). The summed E-state index contributed by atoms with van der Waals surface area (Å²) in [7, 11) is 0. The van der Waals surface area contributed by atoms with E-state index in [-0.39, 0.29) is 4.68 Å². The average Bonchev–Trinajstić information content (AvgIpc) is 2.92. The molecule has 92 valence electrons. The number of carbonyl (C=O) groups excluding carboxylic acids is 1. The van der Waals surface area contributed by atoms with Crippen molar-refractivity contribution in [2.75, 3.05) is 0 Å². The van der Waals surface area contributed by atoms with Gasteiger partial charge >= 0.3 is 6.30 Å². The number of primary amides is 1. The van der Waals surface area contributed by atoms with E-state index in [4.69, 9.17) is 5.73 Å². The monoisotopic (exact) mass is 247 g/mol. The number of carbonyl (C=O) groups is 1. The van der Waals surface area contributed by atoms with Crippen LogP contribution in [0, 0.1) is 0 Å². The van der Waals surface area contributed by atoms with E-state index < -0.39 is 12.2 Å². The van der Waals surface area contributed by atoms with E-state index >= 15 is 0 Å². The lowest BCUT2D eigenvalue weighted by Crippen LogP contribution is -2.16. The Morgan fingerprint density at radius 1 is 1.47 bits per heavy atom. The maximum atomic E-state index is 11.5. The Kier molecular flexibility index (Phi) is 3.86. The molecule has 0 saturated heterocycles. The summed E-state index contributed by atoms with van der Waals surface area (Å²) in [6.45, 7) is 0. The Labute approximate surface area is 93.2 Å². The summed E-state index contributed by atoms with van der Waals surface area (Å²) in [4.78, 5) is 10.2. The number of nitrogens with two attached hydrogens (primary N) is 1. The van der Waals surface area contributed by atoms with E-state index in [0.717, 1.165) is 12.4 Å². The molecule has 3 N–H and O–H groups in total. The van der Waals surface area contributed by atoms with Crippen LogP contribution in [0.4, 0.5) is 13.2 Å². The molecular formula is C8H8F3N5O. The zero-order valence-corrected chi connectivity index (χ0v) is 8.35. The van der Waals surface area contributed by atoms with Crippen molar-refractivity contribution in [2.24, 2.45) is 5.73 Å². The Morgan fingerprint density at radius 3 is 2.41 bits per heavy atom. The van der Waals surface area contributed by atoms with Crippen molar-refractivity contribution >= 4 is 5.91 Å². The molecule has 0 radical (unpaired) electrons. The minimum absolute atomic E-state index is 0.0625. The van der Waals surface area contributed by atoms with Gasteiger partial charge in [0.15, 0.2) is 0 Å². The molecule has 2 heterocycles. The zero-order chi connectivity index (χ0) is 12.9.